The molecule has 0 aliphatic rings. The summed E-state index contributed by atoms with van der Waals surface area (Å²) in [5.41, 5.74) is 12.3. The Hall–Kier alpha value is 0.339. The van der Waals surface area contributed by atoms with Gasteiger partial charge in [0.2, 0.25) is 0 Å². The smallest absolute Gasteiger partial charge is 0.548 e. The number of carboxylic acid groups (broad SMARTS) is 2. The van der Waals surface area contributed by atoms with E-state index >= 15 is 0 Å². The van der Waals surface area contributed by atoms with Crippen molar-refractivity contribution in [2.45, 2.75) is 24.9 Å². The van der Waals surface area contributed by atoms with Gasteiger partial charge in [0.1, 0.15) is 11.5 Å². The number of aromatic hydroxyl groups is 2. The van der Waals surface area contributed by atoms with Crippen LogP contribution in [-0.4, -0.2) is 34.2 Å². The van der Waals surface area contributed by atoms with Crippen LogP contribution < -0.4 is 21.7 Å². The standard InChI is InChI=1S/2C9H9I2NO3.Cu/c2*10-5-1-4(2-6(11)8(5)13)3-7(12)9(14)15;/h2*1-2,7,13H,3,12H2,(H,14,15);/q;;+2/p-2/t2*7-;/m00./s1. The van der Waals surface area contributed by atoms with E-state index in [1.54, 1.807) is 24.3 Å². The summed E-state index contributed by atoms with van der Waals surface area (Å²) in [5, 5.41) is 39.9. The van der Waals surface area contributed by atoms with E-state index in [0.717, 1.165) is 11.1 Å². The van der Waals surface area contributed by atoms with Crippen molar-refractivity contribution in [2.24, 2.45) is 11.5 Å². The molecule has 0 fully saturated rings. The van der Waals surface area contributed by atoms with Crippen LogP contribution in [0.4, 0.5) is 0 Å². The Labute approximate surface area is 244 Å². The fourth-order valence-corrected chi connectivity index (χ4v) is 5.94. The van der Waals surface area contributed by atoms with Gasteiger partial charge in [-0.05, 0) is 139 Å². The number of halogens is 4. The van der Waals surface area contributed by atoms with Crippen molar-refractivity contribution in [1.82, 2.24) is 0 Å². The first-order valence-corrected chi connectivity index (χ1v) is 12.4. The Morgan fingerprint density at radius 3 is 1.16 bits per heavy atom. The van der Waals surface area contributed by atoms with E-state index in [9.17, 15) is 30.0 Å². The van der Waals surface area contributed by atoms with Crippen molar-refractivity contribution >= 4 is 102 Å². The van der Waals surface area contributed by atoms with E-state index in [1.807, 2.05) is 90.4 Å². The minimum atomic E-state index is -1.27. The minimum Gasteiger partial charge on any atom is -0.548 e. The molecule has 31 heavy (non-hydrogen) atoms. The van der Waals surface area contributed by atoms with Gasteiger partial charge in [-0.3, -0.25) is 0 Å². The molecule has 0 aromatic heterocycles. The molecule has 0 unspecified atom stereocenters. The van der Waals surface area contributed by atoms with Crippen molar-refractivity contribution in [2.75, 3.05) is 0 Å². The molecule has 1 radical (unpaired) electrons. The fraction of sp³-hybridized carbons (Fsp3) is 0.222. The summed E-state index contributed by atoms with van der Waals surface area (Å²) in [6, 6.07) is 4.81. The van der Waals surface area contributed by atoms with Crippen molar-refractivity contribution in [1.29, 1.82) is 0 Å². The molecule has 2 rings (SSSR count). The van der Waals surface area contributed by atoms with Crippen molar-refractivity contribution in [3.05, 3.63) is 49.7 Å². The maximum Gasteiger partial charge on any atom is 2.00 e. The van der Waals surface area contributed by atoms with Crippen molar-refractivity contribution in [3.8, 4) is 11.5 Å². The molecule has 0 aliphatic heterocycles. The molecule has 6 N–H and O–H groups in total. The molecule has 0 amide bonds. The van der Waals surface area contributed by atoms with Crippen LogP contribution in [0, 0.1) is 14.3 Å². The normalized spacial score (nSPS) is 12.1. The Kier molecular flexibility index (Phi) is 14.7. The summed E-state index contributed by atoms with van der Waals surface area (Å²) in [6.07, 6.45) is 0.406. The third kappa shape index (κ3) is 10.4. The summed E-state index contributed by atoms with van der Waals surface area (Å²) < 4.78 is 2.72. The second kappa shape index (κ2) is 14.6. The predicted octanol–water partition coefficient (Wildman–Crippen LogP) is 0.440. The van der Waals surface area contributed by atoms with E-state index < -0.39 is 24.0 Å². The number of carbonyl (C=O) groups excluding carboxylic acids is 2. The number of rotatable bonds is 6. The van der Waals surface area contributed by atoms with Crippen LogP contribution >= 0.6 is 90.4 Å². The number of benzene rings is 2. The number of hydrogen-bond acceptors (Lipinski definition) is 8. The van der Waals surface area contributed by atoms with Crippen LogP contribution in [0.2, 0.25) is 0 Å². The third-order valence-electron chi connectivity index (χ3n) is 3.67. The van der Waals surface area contributed by atoms with Crippen LogP contribution in [-0.2, 0) is 39.5 Å². The van der Waals surface area contributed by atoms with Gasteiger partial charge in [0, 0.05) is 12.1 Å². The molecular weight excluding hydrogens is 911 g/mol. The Bertz CT molecular complexity index is 826. The zero-order valence-electron chi connectivity index (χ0n) is 15.4. The molecule has 173 valence electrons. The summed E-state index contributed by atoms with van der Waals surface area (Å²) in [6.45, 7) is 0. The van der Waals surface area contributed by atoms with E-state index in [2.05, 4.69) is 0 Å². The SMILES string of the molecule is N[C@@H](Cc1cc(I)c(O)c(I)c1)C(=O)[O-].N[C@@H](Cc1cc(I)c(O)c(I)c1)C(=O)[O-].[Cu+2]. The van der Waals surface area contributed by atoms with Gasteiger partial charge in [-0.15, -0.1) is 0 Å². The number of aliphatic carboxylic acids is 2. The average Bonchev–Trinajstić information content (AvgIpc) is 2.64. The quantitative estimate of drug-likeness (QED) is 0.239. The fourth-order valence-electron chi connectivity index (χ4n) is 2.15. The van der Waals surface area contributed by atoms with E-state index in [-0.39, 0.29) is 41.4 Å². The monoisotopic (exact) mass is 927 g/mol. The van der Waals surface area contributed by atoms with E-state index in [0.29, 0.717) is 14.3 Å². The first kappa shape index (κ1) is 31.3. The van der Waals surface area contributed by atoms with Crippen LogP contribution in [0.15, 0.2) is 24.3 Å². The minimum absolute atomic E-state index is 0. The molecule has 0 saturated carbocycles. The summed E-state index contributed by atoms with van der Waals surface area (Å²) in [5.74, 6) is -2.12. The molecule has 0 spiro atoms. The predicted molar refractivity (Wildman–Crippen MR) is 140 cm³/mol. The maximum absolute atomic E-state index is 10.5. The molecule has 0 aliphatic carbocycles. The largest absolute Gasteiger partial charge is 2.00 e. The van der Waals surface area contributed by atoms with E-state index in [1.165, 1.54) is 0 Å². The summed E-state index contributed by atoms with van der Waals surface area (Å²) >= 11 is 7.92. The Balaban J connectivity index is 0.000000562. The zero-order valence-corrected chi connectivity index (χ0v) is 24.9. The van der Waals surface area contributed by atoms with Gasteiger partial charge >= 0.3 is 17.1 Å². The number of carboxylic acids is 2. The maximum atomic E-state index is 10.5. The molecule has 2 atom stereocenters. The van der Waals surface area contributed by atoms with Crippen LogP contribution in [0.1, 0.15) is 11.1 Å². The molecule has 0 heterocycles. The molecule has 2 aromatic rings. The summed E-state index contributed by atoms with van der Waals surface area (Å²) in [4.78, 5) is 20.9. The molecule has 2 aromatic carbocycles. The van der Waals surface area contributed by atoms with Crippen LogP contribution in [0.5, 0.6) is 11.5 Å². The van der Waals surface area contributed by atoms with Gasteiger partial charge < -0.3 is 41.5 Å². The van der Waals surface area contributed by atoms with Crippen molar-refractivity contribution < 1.29 is 47.1 Å². The van der Waals surface area contributed by atoms with Crippen LogP contribution in [0.25, 0.3) is 0 Å². The second-order valence-electron chi connectivity index (χ2n) is 6.08. The molecule has 13 heteroatoms. The van der Waals surface area contributed by atoms with Gasteiger partial charge in [-0.25, -0.2) is 0 Å². The van der Waals surface area contributed by atoms with Crippen LogP contribution in [0.3, 0.4) is 0 Å². The van der Waals surface area contributed by atoms with E-state index in [4.69, 9.17) is 11.5 Å². The number of phenolic OH excluding ortho intramolecular Hbond substituents is 2. The second-order valence-corrected chi connectivity index (χ2v) is 10.7. The number of nitrogens with two attached hydrogens (primary N) is 2. The molecule has 8 nitrogen and oxygen atoms in total. The van der Waals surface area contributed by atoms with Gasteiger partial charge in [0.15, 0.2) is 0 Å². The Morgan fingerprint density at radius 1 is 0.742 bits per heavy atom. The summed E-state index contributed by atoms with van der Waals surface area (Å²) in [7, 11) is 0. The number of carbonyl (C=O) groups is 2. The van der Waals surface area contributed by atoms with Gasteiger partial charge in [-0.2, -0.15) is 0 Å². The Morgan fingerprint density at radius 2 is 0.968 bits per heavy atom. The third-order valence-corrected chi connectivity index (χ3v) is 6.96. The number of phenols is 2. The first-order chi connectivity index (χ1) is 13.8. The first-order valence-electron chi connectivity index (χ1n) is 8.10. The zero-order chi connectivity index (χ0) is 23.2. The molecule has 0 bridgehead atoms. The topological polar surface area (TPSA) is 173 Å². The van der Waals surface area contributed by atoms with Gasteiger partial charge in [-0.1, -0.05) is 0 Å². The van der Waals surface area contributed by atoms with Crippen molar-refractivity contribution in [3.63, 3.8) is 0 Å². The molecular formula is C18H16CuI4N2O6. The average molecular weight is 927 g/mol. The van der Waals surface area contributed by atoms with Gasteiger partial charge in [0.25, 0.3) is 0 Å². The number of hydrogen-bond donors (Lipinski definition) is 4. The molecule has 0 saturated heterocycles. The van der Waals surface area contributed by atoms with Gasteiger partial charge in [0.05, 0.1) is 26.2 Å².